The Kier molecular flexibility index (Phi) is 4.65. The third kappa shape index (κ3) is 3.04. The van der Waals surface area contributed by atoms with Crippen LogP contribution in [0.4, 0.5) is 23.7 Å². The molecule has 2 atom stereocenters. The van der Waals surface area contributed by atoms with Crippen molar-refractivity contribution in [1.29, 1.82) is 0 Å². The predicted octanol–water partition coefficient (Wildman–Crippen LogP) is 3.85. The fraction of sp³-hybridized carbons (Fsp3) is 0.533. The molecular weight excluding hydrogens is 297 g/mol. The number of nitrogens with zero attached hydrogens (tertiary/aromatic N) is 1. The molecule has 0 bridgehead atoms. The Hall–Kier alpha value is -1.76. The van der Waals surface area contributed by atoms with E-state index in [1.54, 1.807) is 6.92 Å². The zero-order valence-corrected chi connectivity index (χ0v) is 12.5. The molecular formula is C15H19F3N2O2. The van der Waals surface area contributed by atoms with Gasteiger partial charge in [-0.1, -0.05) is 6.92 Å². The van der Waals surface area contributed by atoms with Gasteiger partial charge >= 0.3 is 12.3 Å². The van der Waals surface area contributed by atoms with Crippen LogP contribution in [0.5, 0.6) is 0 Å². The lowest BCUT2D eigenvalue weighted by Crippen LogP contribution is -2.46. The molecule has 2 rings (SSSR count). The van der Waals surface area contributed by atoms with E-state index in [1.165, 1.54) is 11.0 Å². The fourth-order valence-electron chi connectivity index (χ4n) is 2.76. The quantitative estimate of drug-likeness (QED) is 0.901. The number of rotatable bonds is 2. The van der Waals surface area contributed by atoms with Crippen molar-refractivity contribution in [2.24, 2.45) is 5.73 Å². The van der Waals surface area contributed by atoms with E-state index in [-0.39, 0.29) is 12.6 Å². The molecule has 1 aromatic carbocycles. The summed E-state index contributed by atoms with van der Waals surface area (Å²) in [7, 11) is 0. The summed E-state index contributed by atoms with van der Waals surface area (Å²) < 4.78 is 43.6. The van der Waals surface area contributed by atoms with Gasteiger partial charge in [-0.3, -0.25) is 4.90 Å². The number of fused-ring (bicyclic) bond motifs is 1. The summed E-state index contributed by atoms with van der Waals surface area (Å²) in [5.41, 5.74) is 5.98. The zero-order valence-electron chi connectivity index (χ0n) is 12.5. The van der Waals surface area contributed by atoms with Gasteiger partial charge in [0.15, 0.2) is 0 Å². The van der Waals surface area contributed by atoms with Crippen LogP contribution >= 0.6 is 0 Å². The van der Waals surface area contributed by atoms with Gasteiger partial charge in [0.1, 0.15) is 0 Å². The van der Waals surface area contributed by atoms with Crippen molar-refractivity contribution < 1.29 is 22.7 Å². The molecule has 1 aliphatic rings. The number of ether oxygens (including phenoxy) is 1. The number of amides is 1. The SMILES string of the molecule is CCOC(=O)N1c2ccc(C(F)(F)F)cc2C(N)CC1CC. The van der Waals surface area contributed by atoms with Crippen molar-refractivity contribution in [1.82, 2.24) is 0 Å². The van der Waals surface area contributed by atoms with E-state index in [0.29, 0.717) is 24.1 Å². The Bertz CT molecular complexity index is 560. The summed E-state index contributed by atoms with van der Waals surface area (Å²) in [5, 5.41) is 0. The maximum absolute atomic E-state index is 12.9. The lowest BCUT2D eigenvalue weighted by molar-refractivity contribution is -0.137. The van der Waals surface area contributed by atoms with Crippen LogP contribution in [0.1, 0.15) is 43.9 Å². The molecule has 22 heavy (non-hydrogen) atoms. The van der Waals surface area contributed by atoms with E-state index >= 15 is 0 Å². The standard InChI is InChI=1S/C15H19F3N2O2/c1-3-10-8-12(19)11-7-9(15(16,17)18)5-6-13(11)20(10)14(21)22-4-2/h5-7,10,12H,3-4,8,19H2,1-2H3. The Morgan fingerprint density at radius 1 is 1.41 bits per heavy atom. The summed E-state index contributed by atoms with van der Waals surface area (Å²) >= 11 is 0. The maximum Gasteiger partial charge on any atom is 0.416 e. The topological polar surface area (TPSA) is 55.6 Å². The minimum absolute atomic E-state index is 0.182. The van der Waals surface area contributed by atoms with Crippen LogP contribution in [-0.2, 0) is 10.9 Å². The highest BCUT2D eigenvalue weighted by Gasteiger charge is 2.37. The van der Waals surface area contributed by atoms with Gasteiger partial charge in [0.2, 0.25) is 0 Å². The third-order valence-electron chi connectivity index (χ3n) is 3.84. The predicted molar refractivity (Wildman–Crippen MR) is 76.6 cm³/mol. The van der Waals surface area contributed by atoms with Crippen molar-refractivity contribution in [3.63, 3.8) is 0 Å². The Labute approximate surface area is 127 Å². The second-order valence-corrected chi connectivity index (χ2v) is 5.24. The summed E-state index contributed by atoms with van der Waals surface area (Å²) in [6, 6.07) is 2.58. The highest BCUT2D eigenvalue weighted by atomic mass is 19.4. The summed E-state index contributed by atoms with van der Waals surface area (Å²) in [5.74, 6) is 0. The molecule has 1 heterocycles. The smallest absolute Gasteiger partial charge is 0.416 e. The lowest BCUT2D eigenvalue weighted by Gasteiger charge is -2.39. The Balaban J connectivity index is 2.49. The van der Waals surface area contributed by atoms with Crippen LogP contribution in [-0.4, -0.2) is 18.7 Å². The molecule has 2 N–H and O–H groups in total. The molecule has 0 fully saturated rings. The van der Waals surface area contributed by atoms with Crippen LogP contribution in [0, 0.1) is 0 Å². The first-order chi connectivity index (χ1) is 10.3. The molecule has 0 radical (unpaired) electrons. The van der Waals surface area contributed by atoms with Crippen molar-refractivity contribution in [3.05, 3.63) is 29.3 Å². The molecule has 1 aromatic rings. The van der Waals surface area contributed by atoms with Gasteiger partial charge in [-0.25, -0.2) is 4.79 Å². The van der Waals surface area contributed by atoms with Gasteiger partial charge in [-0.15, -0.1) is 0 Å². The van der Waals surface area contributed by atoms with Crippen LogP contribution in [0.25, 0.3) is 0 Å². The van der Waals surface area contributed by atoms with Gasteiger partial charge < -0.3 is 10.5 Å². The van der Waals surface area contributed by atoms with Gasteiger partial charge in [0.05, 0.1) is 17.9 Å². The van der Waals surface area contributed by atoms with Crippen LogP contribution in [0.3, 0.4) is 0 Å². The van der Waals surface area contributed by atoms with Crippen molar-refractivity contribution in [2.45, 2.75) is 44.9 Å². The first-order valence-corrected chi connectivity index (χ1v) is 7.22. The molecule has 0 spiro atoms. The number of carbonyl (C=O) groups is 1. The second kappa shape index (κ2) is 6.16. The van der Waals surface area contributed by atoms with Gasteiger partial charge in [-0.2, -0.15) is 13.2 Å². The molecule has 0 saturated carbocycles. The summed E-state index contributed by atoms with van der Waals surface area (Å²) in [6.07, 6.45) is -3.94. The van der Waals surface area contributed by atoms with E-state index in [4.69, 9.17) is 10.5 Å². The van der Waals surface area contributed by atoms with Crippen LogP contribution < -0.4 is 10.6 Å². The number of benzene rings is 1. The first-order valence-electron chi connectivity index (χ1n) is 7.22. The highest BCUT2D eigenvalue weighted by molar-refractivity contribution is 5.90. The third-order valence-corrected chi connectivity index (χ3v) is 3.84. The molecule has 2 unspecified atom stereocenters. The number of anilines is 1. The number of alkyl halides is 3. The Morgan fingerprint density at radius 2 is 2.09 bits per heavy atom. The normalized spacial score (nSPS) is 21.5. The molecule has 4 nitrogen and oxygen atoms in total. The van der Waals surface area contributed by atoms with Gasteiger partial charge in [0, 0.05) is 12.1 Å². The minimum atomic E-state index is -4.44. The van der Waals surface area contributed by atoms with E-state index in [0.717, 1.165) is 12.1 Å². The molecule has 122 valence electrons. The molecule has 0 aliphatic carbocycles. The maximum atomic E-state index is 12.9. The fourth-order valence-corrected chi connectivity index (χ4v) is 2.76. The number of nitrogens with two attached hydrogens (primary N) is 1. The average molecular weight is 316 g/mol. The number of halogens is 3. The van der Waals surface area contributed by atoms with Crippen molar-refractivity contribution in [3.8, 4) is 0 Å². The number of hydrogen-bond acceptors (Lipinski definition) is 3. The van der Waals surface area contributed by atoms with Gasteiger partial charge in [0.25, 0.3) is 0 Å². The highest BCUT2D eigenvalue weighted by Crippen LogP contribution is 2.40. The van der Waals surface area contributed by atoms with Crippen LogP contribution in [0.2, 0.25) is 0 Å². The number of carbonyl (C=O) groups excluding carboxylic acids is 1. The minimum Gasteiger partial charge on any atom is -0.449 e. The van der Waals surface area contributed by atoms with E-state index < -0.39 is 23.9 Å². The van der Waals surface area contributed by atoms with E-state index in [9.17, 15) is 18.0 Å². The van der Waals surface area contributed by atoms with Crippen LogP contribution in [0.15, 0.2) is 18.2 Å². The summed E-state index contributed by atoms with van der Waals surface area (Å²) in [6.45, 7) is 3.79. The van der Waals surface area contributed by atoms with Gasteiger partial charge in [-0.05, 0) is 43.5 Å². The van der Waals surface area contributed by atoms with Crippen molar-refractivity contribution >= 4 is 11.8 Å². The molecule has 1 amide bonds. The molecule has 0 saturated heterocycles. The first kappa shape index (κ1) is 16.6. The molecule has 7 heteroatoms. The molecule has 1 aliphatic heterocycles. The number of hydrogen-bond donors (Lipinski definition) is 1. The lowest BCUT2D eigenvalue weighted by atomic mass is 9.89. The average Bonchev–Trinajstić information content (AvgIpc) is 2.45. The van der Waals surface area contributed by atoms with E-state index in [1.807, 2.05) is 6.92 Å². The second-order valence-electron chi connectivity index (χ2n) is 5.24. The Morgan fingerprint density at radius 3 is 2.64 bits per heavy atom. The monoisotopic (exact) mass is 316 g/mol. The molecule has 0 aromatic heterocycles. The largest absolute Gasteiger partial charge is 0.449 e. The van der Waals surface area contributed by atoms with Crippen molar-refractivity contribution in [2.75, 3.05) is 11.5 Å². The van der Waals surface area contributed by atoms with E-state index in [2.05, 4.69) is 0 Å². The zero-order chi connectivity index (χ0) is 16.5. The summed E-state index contributed by atoms with van der Waals surface area (Å²) in [4.78, 5) is 13.6.